The highest BCUT2D eigenvalue weighted by Crippen LogP contribution is 2.42. The van der Waals surface area contributed by atoms with Gasteiger partial charge in [0.25, 0.3) is 0 Å². The molecular formula is C21H25ClN4O2S. The van der Waals surface area contributed by atoms with Crippen molar-refractivity contribution in [2.24, 2.45) is 0 Å². The molecule has 2 aliphatic heterocycles. The first kappa shape index (κ1) is 19.4. The van der Waals surface area contributed by atoms with Crippen LogP contribution in [0.1, 0.15) is 42.9 Å². The molecule has 1 saturated heterocycles. The number of aliphatic hydroxyl groups is 1. The smallest absolute Gasteiger partial charge is 0.227 e. The lowest BCUT2D eigenvalue weighted by molar-refractivity contribution is 0.265. The summed E-state index contributed by atoms with van der Waals surface area (Å²) in [4.78, 5) is 12.5. The van der Waals surface area contributed by atoms with Crippen molar-refractivity contribution in [1.82, 2.24) is 9.97 Å². The molecule has 2 fully saturated rings. The molecule has 1 atom stereocenters. The van der Waals surface area contributed by atoms with E-state index in [0.717, 1.165) is 60.8 Å². The molecule has 1 unspecified atom stereocenters. The largest absolute Gasteiger partial charge is 0.611 e. The summed E-state index contributed by atoms with van der Waals surface area (Å²) in [7, 11) is 0. The minimum Gasteiger partial charge on any atom is -0.611 e. The second kappa shape index (κ2) is 7.61. The normalized spacial score (nSPS) is 23.1. The molecule has 0 bridgehead atoms. The van der Waals surface area contributed by atoms with Gasteiger partial charge in [-0.2, -0.15) is 4.98 Å². The lowest BCUT2D eigenvalue weighted by atomic mass is 9.89. The zero-order chi connectivity index (χ0) is 20.0. The van der Waals surface area contributed by atoms with E-state index in [4.69, 9.17) is 21.6 Å². The van der Waals surface area contributed by atoms with E-state index in [1.54, 1.807) is 0 Å². The van der Waals surface area contributed by atoms with Gasteiger partial charge in [-0.15, -0.1) is 0 Å². The number of anilines is 2. The number of fused-ring (bicyclic) bond motifs is 1. The van der Waals surface area contributed by atoms with Crippen LogP contribution in [-0.2, 0) is 17.6 Å². The Morgan fingerprint density at radius 1 is 1.21 bits per heavy atom. The second-order valence-corrected chi connectivity index (χ2v) is 10.3. The van der Waals surface area contributed by atoms with Crippen LogP contribution in [0.4, 0.5) is 11.8 Å². The molecule has 2 aromatic rings. The van der Waals surface area contributed by atoms with E-state index in [-0.39, 0.29) is 12.1 Å². The quantitative estimate of drug-likeness (QED) is 0.706. The third kappa shape index (κ3) is 3.81. The number of aromatic nitrogens is 2. The fraction of sp³-hybridized carbons (Fsp3) is 0.524. The molecule has 0 radical (unpaired) electrons. The van der Waals surface area contributed by atoms with Crippen molar-refractivity contribution in [1.29, 1.82) is 0 Å². The maximum atomic E-state index is 12.5. The molecule has 6 nitrogen and oxygen atoms in total. The summed E-state index contributed by atoms with van der Waals surface area (Å²) in [6.45, 7) is 1.85. The van der Waals surface area contributed by atoms with Crippen molar-refractivity contribution in [3.05, 3.63) is 40.5 Å². The molecule has 0 amide bonds. The Balaban J connectivity index is 1.36. The van der Waals surface area contributed by atoms with Gasteiger partial charge >= 0.3 is 0 Å². The Labute approximate surface area is 178 Å². The first-order valence-electron chi connectivity index (χ1n) is 10.3. The summed E-state index contributed by atoms with van der Waals surface area (Å²) < 4.78 is 12.5. The van der Waals surface area contributed by atoms with Gasteiger partial charge in [0.1, 0.15) is 11.4 Å². The van der Waals surface area contributed by atoms with Gasteiger partial charge in [0.2, 0.25) is 10.8 Å². The van der Waals surface area contributed by atoms with Crippen molar-refractivity contribution in [2.45, 2.75) is 48.5 Å². The van der Waals surface area contributed by atoms with E-state index in [1.165, 1.54) is 5.56 Å². The average molecular weight is 433 g/mol. The van der Waals surface area contributed by atoms with E-state index in [1.807, 2.05) is 12.1 Å². The first-order chi connectivity index (χ1) is 14.1. The zero-order valence-corrected chi connectivity index (χ0v) is 17.8. The molecule has 1 saturated carbocycles. The summed E-state index contributed by atoms with van der Waals surface area (Å²) >= 11 is 4.96. The van der Waals surface area contributed by atoms with E-state index in [9.17, 15) is 9.66 Å². The molecule has 2 N–H and O–H groups in total. The summed E-state index contributed by atoms with van der Waals surface area (Å²) in [5.74, 6) is 2.50. The fourth-order valence-corrected chi connectivity index (χ4v) is 5.71. The molecule has 1 aromatic carbocycles. The molecule has 0 spiro atoms. The highest BCUT2D eigenvalue weighted by molar-refractivity contribution is 7.91. The fourth-order valence-electron chi connectivity index (χ4n) is 4.28. The van der Waals surface area contributed by atoms with Crippen LogP contribution in [0, 0.1) is 0 Å². The maximum absolute atomic E-state index is 12.5. The van der Waals surface area contributed by atoms with Crippen LogP contribution in [0.15, 0.2) is 29.2 Å². The van der Waals surface area contributed by atoms with Crippen LogP contribution in [-0.4, -0.2) is 50.6 Å². The van der Waals surface area contributed by atoms with Gasteiger partial charge < -0.3 is 19.9 Å². The van der Waals surface area contributed by atoms with Crippen LogP contribution in [0.2, 0.25) is 5.02 Å². The maximum Gasteiger partial charge on any atom is 0.227 e. The van der Waals surface area contributed by atoms with E-state index < -0.39 is 11.2 Å². The van der Waals surface area contributed by atoms with Gasteiger partial charge in [0, 0.05) is 24.5 Å². The Morgan fingerprint density at radius 2 is 1.93 bits per heavy atom. The predicted octanol–water partition coefficient (Wildman–Crippen LogP) is 3.11. The Hall–Kier alpha value is -1.54. The number of aryl methyl sites for hydroxylation is 1. The number of aliphatic hydroxyl groups excluding tert-OH is 1. The monoisotopic (exact) mass is 432 g/mol. The molecule has 29 heavy (non-hydrogen) atoms. The number of hydrogen-bond donors (Lipinski definition) is 2. The number of nitrogens with one attached hydrogen (secondary N) is 1. The number of nitrogens with zero attached hydrogens (tertiary/aromatic N) is 3. The molecule has 8 heteroatoms. The van der Waals surface area contributed by atoms with Crippen LogP contribution in [0.5, 0.6) is 0 Å². The average Bonchev–Trinajstić information content (AvgIpc) is 3.42. The van der Waals surface area contributed by atoms with Crippen molar-refractivity contribution < 1.29 is 9.66 Å². The molecule has 154 valence electrons. The first-order valence-corrected chi connectivity index (χ1v) is 12.0. The summed E-state index contributed by atoms with van der Waals surface area (Å²) in [6, 6.07) is 8.16. The molecule has 1 aromatic heterocycles. The zero-order valence-electron chi connectivity index (χ0n) is 16.2. The Morgan fingerprint density at radius 3 is 2.59 bits per heavy atom. The Bertz CT molecular complexity index is 898. The number of rotatable bonds is 5. The molecule has 5 rings (SSSR count). The number of piperidine rings is 1. The third-order valence-electron chi connectivity index (χ3n) is 6.33. The second-order valence-electron chi connectivity index (χ2n) is 8.32. The van der Waals surface area contributed by atoms with Crippen molar-refractivity contribution >= 4 is 34.5 Å². The molecule has 3 heterocycles. The van der Waals surface area contributed by atoms with Crippen molar-refractivity contribution in [3.8, 4) is 0 Å². The van der Waals surface area contributed by atoms with Crippen molar-refractivity contribution in [2.75, 3.05) is 35.7 Å². The van der Waals surface area contributed by atoms with E-state index >= 15 is 0 Å². The van der Waals surface area contributed by atoms with Crippen molar-refractivity contribution in [3.63, 3.8) is 0 Å². The van der Waals surface area contributed by atoms with Gasteiger partial charge in [-0.1, -0.05) is 23.7 Å². The van der Waals surface area contributed by atoms with Gasteiger partial charge in [-0.25, -0.2) is 4.98 Å². The van der Waals surface area contributed by atoms with E-state index in [0.29, 0.717) is 23.4 Å². The number of benzene rings is 1. The standard InChI is InChI=1S/C21H25ClN4O2S/c22-16-3-1-14(2-4-16)15-5-10-26(11-6-15)20-23-17-7-12-29(28)18(17)19(24-20)25-21(13-27)8-9-21/h1-4,15,27H,5-13H2,(H,23,24,25). The van der Waals surface area contributed by atoms with Gasteiger partial charge in [-0.05, 0) is 60.5 Å². The summed E-state index contributed by atoms with van der Waals surface area (Å²) in [5, 5.41) is 13.9. The lowest BCUT2D eigenvalue weighted by Crippen LogP contribution is -2.35. The Kier molecular flexibility index (Phi) is 5.10. The molecular weight excluding hydrogens is 408 g/mol. The lowest BCUT2D eigenvalue weighted by Gasteiger charge is -2.32. The van der Waals surface area contributed by atoms with Gasteiger partial charge in [0.15, 0.2) is 5.82 Å². The SMILES string of the molecule is [O-][S+]1CCc2nc(N3CCC(c4ccc(Cl)cc4)CC3)nc(NC3(CO)CC3)c21. The van der Waals surface area contributed by atoms with Crippen LogP contribution < -0.4 is 10.2 Å². The predicted molar refractivity (Wildman–Crippen MR) is 115 cm³/mol. The minimum atomic E-state index is -1.06. The molecule has 3 aliphatic rings. The summed E-state index contributed by atoms with van der Waals surface area (Å²) in [5.41, 5.74) is 1.93. The minimum absolute atomic E-state index is 0.0697. The topological polar surface area (TPSA) is 84.3 Å². The van der Waals surface area contributed by atoms with Crippen LogP contribution >= 0.6 is 11.6 Å². The summed E-state index contributed by atoms with van der Waals surface area (Å²) in [6.07, 6.45) is 4.63. The molecule has 1 aliphatic carbocycles. The number of hydrogen-bond acceptors (Lipinski definition) is 6. The van der Waals surface area contributed by atoms with Gasteiger partial charge in [0.05, 0.1) is 12.1 Å². The highest BCUT2D eigenvalue weighted by Gasteiger charge is 2.45. The number of halogens is 1. The third-order valence-corrected chi connectivity index (χ3v) is 8.05. The van der Waals surface area contributed by atoms with Crippen LogP contribution in [0.3, 0.4) is 0 Å². The van der Waals surface area contributed by atoms with E-state index in [2.05, 4.69) is 22.3 Å². The van der Waals surface area contributed by atoms with Crippen LogP contribution in [0.25, 0.3) is 0 Å². The highest BCUT2D eigenvalue weighted by atomic mass is 35.5. The van der Waals surface area contributed by atoms with Gasteiger partial charge in [-0.3, -0.25) is 0 Å².